The molecule has 108 valence electrons. The molecule has 5 nitrogen and oxygen atoms in total. The van der Waals surface area contributed by atoms with Gasteiger partial charge in [-0.05, 0) is 44.0 Å². The van der Waals surface area contributed by atoms with E-state index >= 15 is 0 Å². The molecule has 0 spiro atoms. The van der Waals surface area contributed by atoms with Crippen molar-refractivity contribution in [2.45, 2.75) is 38.3 Å². The molecule has 0 aliphatic carbocycles. The van der Waals surface area contributed by atoms with Crippen LogP contribution in [0.15, 0.2) is 22.6 Å². The fourth-order valence-electron chi connectivity index (χ4n) is 2.98. The molecule has 1 aliphatic rings. The number of piperidine rings is 1. The number of nitrogens with zero attached hydrogens (tertiary/aromatic N) is 2. The second-order valence-corrected chi connectivity index (χ2v) is 5.47. The van der Waals surface area contributed by atoms with Crippen molar-refractivity contribution in [2.24, 2.45) is 0 Å². The minimum Gasteiger partial charge on any atom is -0.439 e. The molecule has 1 aliphatic heterocycles. The normalized spacial score (nSPS) is 20.6. The predicted octanol–water partition coefficient (Wildman–Crippen LogP) is 2.15. The van der Waals surface area contributed by atoms with Gasteiger partial charge in [0.1, 0.15) is 5.52 Å². The first kappa shape index (κ1) is 13.4. The van der Waals surface area contributed by atoms with E-state index in [2.05, 4.69) is 9.88 Å². The largest absolute Gasteiger partial charge is 0.439 e. The number of hydrogen-bond acceptors (Lipinski definition) is 5. The molecule has 0 amide bonds. The molecule has 1 atom stereocenters. The van der Waals surface area contributed by atoms with Gasteiger partial charge in [-0.15, -0.1) is 0 Å². The zero-order chi connectivity index (χ0) is 13.9. The minimum absolute atomic E-state index is 0.241. The highest BCUT2D eigenvalue weighted by molar-refractivity contribution is 5.76. The SMILES string of the molecule is Nc1ccc2oc(CN3CCCCC3CCO)nc2c1. The number of oxazole rings is 1. The van der Waals surface area contributed by atoms with E-state index < -0.39 is 0 Å². The minimum atomic E-state index is 0.241. The predicted molar refractivity (Wildman–Crippen MR) is 78.2 cm³/mol. The molecule has 1 fully saturated rings. The monoisotopic (exact) mass is 275 g/mol. The molecule has 1 unspecified atom stereocenters. The van der Waals surface area contributed by atoms with E-state index in [0.717, 1.165) is 36.4 Å². The van der Waals surface area contributed by atoms with Gasteiger partial charge >= 0.3 is 0 Å². The highest BCUT2D eigenvalue weighted by Gasteiger charge is 2.23. The van der Waals surface area contributed by atoms with Crippen molar-refractivity contribution in [3.63, 3.8) is 0 Å². The summed E-state index contributed by atoms with van der Waals surface area (Å²) in [6.45, 7) is 2.00. The summed E-state index contributed by atoms with van der Waals surface area (Å²) in [6.07, 6.45) is 4.42. The van der Waals surface area contributed by atoms with Crippen LogP contribution in [0.4, 0.5) is 5.69 Å². The first-order chi connectivity index (χ1) is 9.76. The van der Waals surface area contributed by atoms with Crippen LogP contribution in [0.5, 0.6) is 0 Å². The van der Waals surface area contributed by atoms with Gasteiger partial charge in [-0.1, -0.05) is 6.42 Å². The van der Waals surface area contributed by atoms with Gasteiger partial charge < -0.3 is 15.3 Å². The smallest absolute Gasteiger partial charge is 0.209 e. The molecule has 5 heteroatoms. The summed E-state index contributed by atoms with van der Waals surface area (Å²) < 4.78 is 5.78. The fourth-order valence-corrected chi connectivity index (χ4v) is 2.98. The van der Waals surface area contributed by atoms with Crippen LogP contribution in [0.2, 0.25) is 0 Å². The third-order valence-corrected chi connectivity index (χ3v) is 4.01. The van der Waals surface area contributed by atoms with Gasteiger partial charge in [-0.25, -0.2) is 4.98 Å². The number of likely N-dealkylation sites (tertiary alicyclic amines) is 1. The van der Waals surface area contributed by atoms with Crippen LogP contribution in [-0.2, 0) is 6.54 Å². The summed E-state index contributed by atoms with van der Waals surface area (Å²) in [5.74, 6) is 0.732. The number of anilines is 1. The van der Waals surface area contributed by atoms with E-state index in [4.69, 9.17) is 15.3 Å². The summed E-state index contributed by atoms with van der Waals surface area (Å²) >= 11 is 0. The lowest BCUT2D eigenvalue weighted by Crippen LogP contribution is -2.39. The molecule has 20 heavy (non-hydrogen) atoms. The molecule has 1 aromatic heterocycles. The lowest BCUT2D eigenvalue weighted by atomic mass is 10.00. The van der Waals surface area contributed by atoms with Crippen LogP contribution in [0, 0.1) is 0 Å². The topological polar surface area (TPSA) is 75.5 Å². The van der Waals surface area contributed by atoms with Gasteiger partial charge in [0.25, 0.3) is 0 Å². The number of aromatic nitrogens is 1. The summed E-state index contributed by atoms with van der Waals surface area (Å²) in [5.41, 5.74) is 8.06. The molecule has 2 aromatic rings. The summed E-state index contributed by atoms with van der Waals surface area (Å²) in [6, 6.07) is 5.97. The third-order valence-electron chi connectivity index (χ3n) is 4.01. The van der Waals surface area contributed by atoms with E-state index in [1.807, 2.05) is 18.2 Å². The second-order valence-electron chi connectivity index (χ2n) is 5.47. The van der Waals surface area contributed by atoms with Gasteiger partial charge in [-0.2, -0.15) is 0 Å². The number of fused-ring (bicyclic) bond motifs is 1. The number of nitrogen functional groups attached to an aromatic ring is 1. The maximum Gasteiger partial charge on any atom is 0.209 e. The Hall–Kier alpha value is -1.59. The number of benzene rings is 1. The first-order valence-electron chi connectivity index (χ1n) is 7.26. The maximum absolute atomic E-state index is 9.17. The van der Waals surface area contributed by atoms with E-state index in [0.29, 0.717) is 18.3 Å². The molecule has 0 radical (unpaired) electrons. The number of aliphatic hydroxyl groups is 1. The Kier molecular flexibility index (Phi) is 3.89. The van der Waals surface area contributed by atoms with E-state index in [9.17, 15) is 0 Å². The molecular weight excluding hydrogens is 254 g/mol. The molecule has 0 saturated carbocycles. The quantitative estimate of drug-likeness (QED) is 0.836. The highest BCUT2D eigenvalue weighted by Crippen LogP contribution is 2.24. The number of aliphatic hydroxyl groups excluding tert-OH is 1. The summed E-state index contributed by atoms with van der Waals surface area (Å²) in [7, 11) is 0. The van der Waals surface area contributed by atoms with E-state index in [1.165, 1.54) is 12.8 Å². The Morgan fingerprint density at radius 3 is 3.15 bits per heavy atom. The molecule has 3 rings (SSSR count). The Bertz CT molecular complexity index is 580. The summed E-state index contributed by atoms with van der Waals surface area (Å²) in [4.78, 5) is 6.88. The lowest BCUT2D eigenvalue weighted by Gasteiger charge is -2.34. The number of nitrogens with two attached hydrogens (primary N) is 1. The Morgan fingerprint density at radius 1 is 1.40 bits per heavy atom. The fraction of sp³-hybridized carbons (Fsp3) is 0.533. The average Bonchev–Trinajstić information content (AvgIpc) is 2.82. The van der Waals surface area contributed by atoms with Crippen molar-refractivity contribution in [3.05, 3.63) is 24.1 Å². The highest BCUT2D eigenvalue weighted by atomic mass is 16.3. The second kappa shape index (κ2) is 5.81. The Morgan fingerprint density at radius 2 is 2.30 bits per heavy atom. The van der Waals surface area contributed by atoms with Gasteiger partial charge in [0.05, 0.1) is 6.54 Å². The van der Waals surface area contributed by atoms with Crippen molar-refractivity contribution >= 4 is 16.8 Å². The van der Waals surface area contributed by atoms with Crippen molar-refractivity contribution in [1.29, 1.82) is 0 Å². The summed E-state index contributed by atoms with van der Waals surface area (Å²) in [5, 5.41) is 9.17. The van der Waals surface area contributed by atoms with Crippen LogP contribution in [-0.4, -0.2) is 34.2 Å². The molecule has 0 bridgehead atoms. The number of rotatable bonds is 4. The van der Waals surface area contributed by atoms with Crippen molar-refractivity contribution in [3.8, 4) is 0 Å². The third kappa shape index (κ3) is 2.78. The number of hydrogen-bond donors (Lipinski definition) is 2. The van der Waals surface area contributed by atoms with Crippen LogP contribution in [0.25, 0.3) is 11.1 Å². The lowest BCUT2D eigenvalue weighted by molar-refractivity contribution is 0.104. The molecular formula is C15H21N3O2. The van der Waals surface area contributed by atoms with Crippen LogP contribution in [0.3, 0.4) is 0 Å². The van der Waals surface area contributed by atoms with Gasteiger partial charge in [-0.3, -0.25) is 4.90 Å². The van der Waals surface area contributed by atoms with E-state index in [1.54, 1.807) is 0 Å². The molecule has 1 saturated heterocycles. The van der Waals surface area contributed by atoms with Gasteiger partial charge in [0.15, 0.2) is 5.58 Å². The van der Waals surface area contributed by atoms with Gasteiger partial charge in [0.2, 0.25) is 5.89 Å². The van der Waals surface area contributed by atoms with Gasteiger partial charge in [0, 0.05) is 18.3 Å². The van der Waals surface area contributed by atoms with Crippen LogP contribution in [0.1, 0.15) is 31.6 Å². The molecule has 3 N–H and O–H groups in total. The van der Waals surface area contributed by atoms with Crippen molar-refractivity contribution < 1.29 is 9.52 Å². The van der Waals surface area contributed by atoms with Crippen LogP contribution < -0.4 is 5.73 Å². The Balaban J connectivity index is 1.77. The average molecular weight is 275 g/mol. The first-order valence-corrected chi connectivity index (χ1v) is 7.26. The van der Waals surface area contributed by atoms with Crippen LogP contribution >= 0.6 is 0 Å². The van der Waals surface area contributed by atoms with Crippen molar-refractivity contribution in [1.82, 2.24) is 9.88 Å². The molecule has 2 heterocycles. The van der Waals surface area contributed by atoms with E-state index in [-0.39, 0.29) is 6.61 Å². The standard InChI is InChI=1S/C15H21N3O2/c16-11-4-5-14-13(9-11)17-15(20-14)10-18-7-2-1-3-12(18)6-8-19/h4-5,9,12,19H,1-3,6-8,10,16H2. The molecule has 1 aromatic carbocycles. The van der Waals surface area contributed by atoms with Crippen molar-refractivity contribution in [2.75, 3.05) is 18.9 Å². The zero-order valence-electron chi connectivity index (χ0n) is 11.6. The maximum atomic E-state index is 9.17. The zero-order valence-corrected chi connectivity index (χ0v) is 11.6. The Labute approximate surface area is 118 Å².